The van der Waals surface area contributed by atoms with Crippen molar-refractivity contribution in [1.29, 1.82) is 0 Å². The molecule has 0 spiro atoms. The fourth-order valence-corrected chi connectivity index (χ4v) is 0.931. The van der Waals surface area contributed by atoms with Crippen molar-refractivity contribution in [3.05, 3.63) is 0 Å². The minimum Gasteiger partial charge on any atom is -0.463 e. The molecule has 0 saturated carbocycles. The van der Waals surface area contributed by atoms with Crippen LogP contribution in [0.4, 0.5) is 0 Å². The Kier molecular flexibility index (Phi) is 6.49. The number of ether oxygens (including phenoxy) is 1. The third-order valence-electron chi connectivity index (χ3n) is 1.40. The molecule has 0 bridgehead atoms. The number of hydrogen-bond donors (Lipinski definition) is 2. The van der Waals surface area contributed by atoms with E-state index in [1.54, 1.807) is 0 Å². The van der Waals surface area contributed by atoms with E-state index in [0.29, 0.717) is 12.5 Å². The van der Waals surface area contributed by atoms with Gasteiger partial charge in [0.05, 0.1) is 19.1 Å². The second kappa shape index (κ2) is 7.09. The number of nitrogens with one attached hydrogen (secondary N) is 1. The Bertz CT molecular complexity index is 225. The molecule has 15 heavy (non-hydrogen) atoms. The van der Waals surface area contributed by atoms with Crippen LogP contribution in [0.2, 0.25) is 0 Å². The normalized spacial score (nSPS) is 12.0. The Hall–Kier alpha value is -1.26. The zero-order valence-corrected chi connectivity index (χ0v) is 9.91. The average Bonchev–Trinajstić information content (AvgIpc) is 2.00. The van der Waals surface area contributed by atoms with Crippen LogP contribution >= 0.6 is 0 Å². The molecule has 0 fully saturated rings. The second-order valence-electron chi connectivity index (χ2n) is 3.85. The highest BCUT2D eigenvalue weighted by Crippen LogP contribution is 1.93. The molecular formula is C10H21N3O2. The molecule has 5 heteroatoms. The quantitative estimate of drug-likeness (QED) is 0.401. The van der Waals surface area contributed by atoms with E-state index in [9.17, 15) is 4.79 Å². The number of carbonyl (C=O) groups excluding carboxylic acids is 1. The lowest BCUT2D eigenvalue weighted by Crippen LogP contribution is -2.36. The maximum Gasteiger partial charge on any atom is 0.307 e. The number of aliphatic imine (C=N–C) groups is 1. The van der Waals surface area contributed by atoms with E-state index in [1.165, 1.54) is 0 Å². The fraction of sp³-hybridized carbons (Fsp3) is 0.800. The maximum atomic E-state index is 11.1. The van der Waals surface area contributed by atoms with E-state index in [1.807, 2.05) is 27.7 Å². The molecule has 0 heterocycles. The predicted octanol–water partition coefficient (Wildman–Crippen LogP) is 0.641. The lowest BCUT2D eigenvalue weighted by molar-refractivity contribution is -0.147. The molecule has 0 saturated heterocycles. The van der Waals surface area contributed by atoms with Gasteiger partial charge in [-0.05, 0) is 27.7 Å². The van der Waals surface area contributed by atoms with Crippen LogP contribution < -0.4 is 11.1 Å². The van der Waals surface area contributed by atoms with Crippen LogP contribution in [0.5, 0.6) is 0 Å². The molecule has 0 atom stereocenters. The molecule has 0 amide bonds. The van der Waals surface area contributed by atoms with Crippen LogP contribution in [0, 0.1) is 0 Å². The fourth-order valence-electron chi connectivity index (χ4n) is 0.931. The van der Waals surface area contributed by atoms with Crippen LogP contribution in [0.25, 0.3) is 0 Å². The lowest BCUT2D eigenvalue weighted by atomic mass is 10.4. The minimum atomic E-state index is -0.244. The van der Waals surface area contributed by atoms with E-state index >= 15 is 0 Å². The van der Waals surface area contributed by atoms with Crippen LogP contribution in [0.15, 0.2) is 4.99 Å². The molecule has 3 N–H and O–H groups in total. The Morgan fingerprint density at radius 1 is 1.40 bits per heavy atom. The number of nitrogens with two attached hydrogens (primary N) is 1. The van der Waals surface area contributed by atoms with Gasteiger partial charge in [-0.2, -0.15) is 0 Å². The molecule has 0 unspecified atom stereocenters. The summed E-state index contributed by atoms with van der Waals surface area (Å²) in [7, 11) is 0. The monoisotopic (exact) mass is 215 g/mol. The number of guanidine groups is 1. The summed E-state index contributed by atoms with van der Waals surface area (Å²) in [5.41, 5.74) is 5.55. The van der Waals surface area contributed by atoms with Crippen molar-refractivity contribution >= 4 is 11.9 Å². The summed E-state index contributed by atoms with van der Waals surface area (Å²) >= 11 is 0. The van der Waals surface area contributed by atoms with E-state index in [4.69, 9.17) is 10.5 Å². The Morgan fingerprint density at radius 2 is 2.00 bits per heavy atom. The maximum absolute atomic E-state index is 11.1. The number of rotatable bonds is 5. The van der Waals surface area contributed by atoms with Crippen LogP contribution in [-0.4, -0.2) is 30.6 Å². The van der Waals surface area contributed by atoms with Gasteiger partial charge in [-0.3, -0.25) is 9.79 Å². The van der Waals surface area contributed by atoms with Gasteiger partial charge in [-0.25, -0.2) is 0 Å². The number of esters is 1. The summed E-state index contributed by atoms with van der Waals surface area (Å²) in [5, 5.41) is 2.93. The summed E-state index contributed by atoms with van der Waals surface area (Å²) in [6, 6.07) is 0.247. The van der Waals surface area contributed by atoms with Crippen LogP contribution in [-0.2, 0) is 9.53 Å². The molecule has 0 aliphatic heterocycles. The minimum absolute atomic E-state index is 0.0763. The summed E-state index contributed by atoms with van der Waals surface area (Å²) in [6.07, 6.45) is 0.186. The molecule has 0 aliphatic rings. The zero-order chi connectivity index (χ0) is 11.8. The van der Waals surface area contributed by atoms with Crippen molar-refractivity contribution in [2.45, 2.75) is 46.3 Å². The van der Waals surface area contributed by atoms with Crippen molar-refractivity contribution in [3.8, 4) is 0 Å². The summed E-state index contributed by atoms with van der Waals surface area (Å²) < 4.78 is 4.94. The highest BCUT2D eigenvalue weighted by Gasteiger charge is 2.04. The first-order valence-corrected chi connectivity index (χ1v) is 5.17. The van der Waals surface area contributed by atoms with E-state index in [2.05, 4.69) is 10.3 Å². The third kappa shape index (κ3) is 9.05. The second-order valence-corrected chi connectivity index (χ2v) is 3.85. The Balaban J connectivity index is 3.72. The van der Waals surface area contributed by atoms with Crippen molar-refractivity contribution in [2.75, 3.05) is 6.54 Å². The van der Waals surface area contributed by atoms with Gasteiger partial charge in [0.2, 0.25) is 0 Å². The molecule has 5 nitrogen and oxygen atoms in total. The molecule has 0 aromatic carbocycles. The van der Waals surface area contributed by atoms with Gasteiger partial charge in [0.15, 0.2) is 5.96 Å². The predicted molar refractivity (Wildman–Crippen MR) is 60.6 cm³/mol. The number of nitrogens with zero attached hydrogens (tertiary/aromatic N) is 1. The van der Waals surface area contributed by atoms with E-state index in [-0.39, 0.29) is 24.5 Å². The highest BCUT2D eigenvalue weighted by atomic mass is 16.5. The van der Waals surface area contributed by atoms with Crippen LogP contribution in [0.3, 0.4) is 0 Å². The molecule has 0 rings (SSSR count). The van der Waals surface area contributed by atoms with Crippen LogP contribution in [0.1, 0.15) is 34.1 Å². The van der Waals surface area contributed by atoms with Gasteiger partial charge in [-0.15, -0.1) is 0 Å². The SMILES string of the molecule is CC(C)NC(N)=NCCC(=O)OC(C)C. The first kappa shape index (κ1) is 13.7. The Morgan fingerprint density at radius 3 is 2.47 bits per heavy atom. The highest BCUT2D eigenvalue weighted by molar-refractivity contribution is 5.78. The zero-order valence-electron chi connectivity index (χ0n) is 9.91. The summed E-state index contributed by atoms with van der Waals surface area (Å²) in [4.78, 5) is 15.1. The van der Waals surface area contributed by atoms with Gasteiger partial charge in [0.1, 0.15) is 0 Å². The van der Waals surface area contributed by atoms with Gasteiger partial charge in [0, 0.05) is 6.04 Å². The molecule has 0 aliphatic carbocycles. The van der Waals surface area contributed by atoms with E-state index in [0.717, 1.165) is 0 Å². The van der Waals surface area contributed by atoms with Crippen molar-refractivity contribution in [3.63, 3.8) is 0 Å². The van der Waals surface area contributed by atoms with Crippen molar-refractivity contribution < 1.29 is 9.53 Å². The molecule has 0 aromatic rings. The first-order chi connectivity index (χ1) is 6.91. The van der Waals surface area contributed by atoms with Gasteiger partial charge in [-0.1, -0.05) is 0 Å². The van der Waals surface area contributed by atoms with Gasteiger partial charge < -0.3 is 15.8 Å². The Labute approximate surface area is 91.1 Å². The number of carbonyl (C=O) groups is 1. The third-order valence-corrected chi connectivity index (χ3v) is 1.40. The molecule has 0 aromatic heterocycles. The van der Waals surface area contributed by atoms with Crippen molar-refractivity contribution in [1.82, 2.24) is 5.32 Å². The lowest BCUT2D eigenvalue weighted by Gasteiger charge is -2.09. The topological polar surface area (TPSA) is 76.7 Å². The average molecular weight is 215 g/mol. The molecule has 0 radical (unpaired) electrons. The molecule has 88 valence electrons. The standard InChI is InChI=1S/C10H21N3O2/c1-7(2)13-10(11)12-6-5-9(14)15-8(3)4/h7-8H,5-6H2,1-4H3,(H3,11,12,13). The summed E-state index contributed by atoms with van der Waals surface area (Å²) in [6.45, 7) is 7.92. The first-order valence-electron chi connectivity index (χ1n) is 5.17. The van der Waals surface area contributed by atoms with Crippen molar-refractivity contribution in [2.24, 2.45) is 10.7 Å². The van der Waals surface area contributed by atoms with E-state index < -0.39 is 0 Å². The smallest absolute Gasteiger partial charge is 0.307 e. The number of hydrogen-bond acceptors (Lipinski definition) is 3. The largest absolute Gasteiger partial charge is 0.463 e. The summed E-state index contributed by atoms with van der Waals surface area (Å²) in [5.74, 6) is 0.119. The molecular weight excluding hydrogens is 194 g/mol. The van der Waals surface area contributed by atoms with Gasteiger partial charge >= 0.3 is 5.97 Å². The van der Waals surface area contributed by atoms with Gasteiger partial charge in [0.25, 0.3) is 0 Å².